The summed E-state index contributed by atoms with van der Waals surface area (Å²) < 4.78 is 0. The third-order valence-electron chi connectivity index (χ3n) is 7.47. The number of carbonyl (C=O) groups excluding carboxylic acids is 1. The van der Waals surface area contributed by atoms with Gasteiger partial charge in [-0.15, -0.1) is 0 Å². The fourth-order valence-electron chi connectivity index (χ4n) is 5.57. The Morgan fingerprint density at radius 1 is 1.09 bits per heavy atom. The monoisotopic (exact) mass is 468 g/mol. The lowest BCUT2D eigenvalue weighted by Gasteiger charge is -2.32. The van der Waals surface area contributed by atoms with Crippen molar-refractivity contribution in [1.82, 2.24) is 19.8 Å². The van der Waals surface area contributed by atoms with Gasteiger partial charge in [-0.3, -0.25) is 14.7 Å². The molecular formula is C30H36N4O. The smallest absolute Gasteiger partial charge is 0.236 e. The number of hydrogen-bond acceptors (Lipinski definition) is 3. The minimum Gasteiger partial charge on any atom is -0.354 e. The summed E-state index contributed by atoms with van der Waals surface area (Å²) in [5.41, 5.74) is 8.51. The molecular weight excluding hydrogens is 432 g/mol. The number of piperidine rings is 1. The number of aromatic nitrogens is 2. The van der Waals surface area contributed by atoms with E-state index in [0.717, 1.165) is 37.1 Å². The van der Waals surface area contributed by atoms with Gasteiger partial charge in [-0.25, -0.2) is 0 Å². The van der Waals surface area contributed by atoms with E-state index in [4.69, 9.17) is 4.98 Å². The van der Waals surface area contributed by atoms with Crippen LogP contribution in [0, 0.1) is 6.92 Å². The molecule has 5 nitrogen and oxygen atoms in total. The summed E-state index contributed by atoms with van der Waals surface area (Å²) in [6.45, 7) is 9.12. The summed E-state index contributed by atoms with van der Waals surface area (Å²) >= 11 is 0. The molecule has 182 valence electrons. The third kappa shape index (κ3) is 4.57. The first-order valence-electron chi connectivity index (χ1n) is 12.8. The van der Waals surface area contributed by atoms with Crippen molar-refractivity contribution in [1.29, 1.82) is 0 Å². The third-order valence-corrected chi connectivity index (χ3v) is 7.47. The summed E-state index contributed by atoms with van der Waals surface area (Å²) in [5, 5.41) is 2.52. The summed E-state index contributed by atoms with van der Waals surface area (Å²) in [4.78, 5) is 24.6. The number of likely N-dealkylation sites (N-methyl/N-ethyl adjacent to an activating group) is 1. The zero-order chi connectivity index (χ0) is 24.7. The molecule has 0 radical (unpaired) electrons. The van der Waals surface area contributed by atoms with Crippen LogP contribution < -0.4 is 0 Å². The molecule has 5 heteroatoms. The van der Waals surface area contributed by atoms with Gasteiger partial charge in [0.1, 0.15) is 0 Å². The summed E-state index contributed by atoms with van der Waals surface area (Å²) in [6, 6.07) is 17.6. The van der Waals surface area contributed by atoms with Crippen LogP contribution in [0.1, 0.15) is 55.3 Å². The van der Waals surface area contributed by atoms with E-state index in [2.05, 4.69) is 79.2 Å². The molecule has 1 saturated heterocycles. The fourth-order valence-corrected chi connectivity index (χ4v) is 5.57. The van der Waals surface area contributed by atoms with Crippen LogP contribution in [0.3, 0.4) is 0 Å². The number of hydrogen-bond donors (Lipinski definition) is 1. The number of aromatic amines is 1. The average Bonchev–Trinajstić information content (AvgIpc) is 3.22. The predicted molar refractivity (Wildman–Crippen MR) is 145 cm³/mol. The lowest BCUT2D eigenvalue weighted by Crippen LogP contribution is -2.40. The number of nitrogens with zero attached hydrogens (tertiary/aromatic N) is 3. The van der Waals surface area contributed by atoms with Gasteiger partial charge in [0, 0.05) is 41.6 Å². The van der Waals surface area contributed by atoms with E-state index in [0.29, 0.717) is 18.4 Å². The van der Waals surface area contributed by atoms with E-state index >= 15 is 0 Å². The Morgan fingerprint density at radius 2 is 1.83 bits per heavy atom. The number of carbonyl (C=O) groups is 1. The van der Waals surface area contributed by atoms with Crippen molar-refractivity contribution in [2.45, 2.75) is 45.4 Å². The second-order valence-electron chi connectivity index (χ2n) is 10.5. The maximum Gasteiger partial charge on any atom is 0.236 e. The Bertz CT molecular complexity index is 1380. The van der Waals surface area contributed by atoms with E-state index in [-0.39, 0.29) is 5.91 Å². The molecule has 0 unspecified atom stereocenters. The van der Waals surface area contributed by atoms with Gasteiger partial charge in [0.05, 0.1) is 17.8 Å². The number of likely N-dealkylation sites (tertiary alicyclic amines) is 1. The summed E-state index contributed by atoms with van der Waals surface area (Å²) in [6.07, 6.45) is 2.18. The summed E-state index contributed by atoms with van der Waals surface area (Å²) in [7, 11) is 3.66. The van der Waals surface area contributed by atoms with Gasteiger partial charge >= 0.3 is 0 Å². The highest BCUT2D eigenvalue weighted by atomic mass is 16.2. The molecule has 2 aromatic heterocycles. The van der Waals surface area contributed by atoms with Gasteiger partial charge in [0.25, 0.3) is 0 Å². The molecule has 1 amide bonds. The maximum atomic E-state index is 12.1. The number of fused-ring (bicyclic) bond motifs is 2. The predicted octanol–water partition coefficient (Wildman–Crippen LogP) is 6.08. The zero-order valence-electron chi connectivity index (χ0n) is 21.6. The number of aryl methyl sites for hydroxylation is 1. The number of rotatable bonds is 5. The molecule has 35 heavy (non-hydrogen) atoms. The first-order valence-corrected chi connectivity index (χ1v) is 12.8. The van der Waals surface area contributed by atoms with E-state index in [9.17, 15) is 4.79 Å². The normalized spacial score (nSPS) is 15.4. The Kier molecular flexibility index (Phi) is 6.37. The molecule has 3 heterocycles. The van der Waals surface area contributed by atoms with Crippen LogP contribution in [0.4, 0.5) is 0 Å². The van der Waals surface area contributed by atoms with Crippen molar-refractivity contribution in [3.63, 3.8) is 0 Å². The second kappa shape index (κ2) is 9.46. The largest absolute Gasteiger partial charge is 0.354 e. The van der Waals surface area contributed by atoms with Gasteiger partial charge in [0.2, 0.25) is 5.91 Å². The summed E-state index contributed by atoms with van der Waals surface area (Å²) in [5.74, 6) is 1.11. The molecule has 0 spiro atoms. The van der Waals surface area contributed by atoms with Gasteiger partial charge in [-0.1, -0.05) is 38.1 Å². The molecule has 2 aromatic carbocycles. The number of para-hydroxylation sites is 1. The van der Waals surface area contributed by atoms with Crippen molar-refractivity contribution in [2.24, 2.45) is 0 Å². The zero-order valence-corrected chi connectivity index (χ0v) is 21.6. The molecule has 1 N–H and O–H groups in total. The highest BCUT2D eigenvalue weighted by Crippen LogP contribution is 2.40. The van der Waals surface area contributed by atoms with Crippen LogP contribution in [0.25, 0.3) is 33.1 Å². The lowest BCUT2D eigenvalue weighted by atomic mass is 9.87. The second-order valence-corrected chi connectivity index (χ2v) is 10.5. The van der Waals surface area contributed by atoms with E-state index in [1.165, 1.54) is 38.7 Å². The topological polar surface area (TPSA) is 52.2 Å². The average molecular weight is 469 g/mol. The minimum absolute atomic E-state index is 0.185. The minimum atomic E-state index is 0.185. The van der Waals surface area contributed by atoms with Crippen molar-refractivity contribution in [2.75, 3.05) is 33.7 Å². The van der Waals surface area contributed by atoms with Gasteiger partial charge in [-0.05, 0) is 80.1 Å². The quantitative estimate of drug-likeness (QED) is 0.386. The van der Waals surface area contributed by atoms with Gasteiger partial charge < -0.3 is 9.88 Å². The van der Waals surface area contributed by atoms with Crippen LogP contribution in [0.5, 0.6) is 0 Å². The van der Waals surface area contributed by atoms with Crippen LogP contribution in [-0.4, -0.2) is 59.4 Å². The number of nitrogens with one attached hydrogen (secondary N) is 1. The molecule has 5 rings (SSSR count). The maximum absolute atomic E-state index is 12.1. The molecule has 0 bridgehead atoms. The van der Waals surface area contributed by atoms with E-state index in [1.54, 1.807) is 4.90 Å². The van der Waals surface area contributed by atoms with Crippen molar-refractivity contribution >= 4 is 27.7 Å². The lowest BCUT2D eigenvalue weighted by molar-refractivity contribution is -0.130. The first-order chi connectivity index (χ1) is 16.8. The standard InChI is InChI=1S/C30H36N4O/c1-19(2)29-25-17-22(21-12-14-34(15-13-21)18-28(35)33(4)5)10-11-27(25)32-30(29)24-16-20(3)31-26-9-7-6-8-23(24)26/h6-11,16-17,19,21,32H,12-15,18H2,1-5H3. The number of benzene rings is 2. The van der Waals surface area contributed by atoms with Crippen LogP contribution in [0.15, 0.2) is 48.5 Å². The Labute approximate surface area is 208 Å². The highest BCUT2D eigenvalue weighted by Gasteiger charge is 2.24. The van der Waals surface area contributed by atoms with Gasteiger partial charge in [0.15, 0.2) is 0 Å². The molecule has 0 saturated carbocycles. The Balaban J connectivity index is 1.50. The van der Waals surface area contributed by atoms with E-state index < -0.39 is 0 Å². The number of H-pyrrole nitrogens is 1. The van der Waals surface area contributed by atoms with Crippen LogP contribution in [0.2, 0.25) is 0 Å². The number of pyridine rings is 1. The van der Waals surface area contributed by atoms with Crippen LogP contribution >= 0.6 is 0 Å². The fraction of sp³-hybridized carbons (Fsp3) is 0.400. The SMILES string of the molecule is Cc1cc(-c2[nH]c3ccc(C4CCN(CC(=O)N(C)C)CC4)cc3c2C(C)C)c2ccccc2n1. The molecule has 0 atom stereocenters. The Morgan fingerprint density at radius 3 is 2.54 bits per heavy atom. The molecule has 4 aromatic rings. The molecule has 1 aliphatic heterocycles. The molecule has 1 fully saturated rings. The van der Waals surface area contributed by atoms with Crippen molar-refractivity contribution in [3.05, 3.63) is 65.4 Å². The molecule has 1 aliphatic rings. The van der Waals surface area contributed by atoms with Gasteiger partial charge in [-0.2, -0.15) is 0 Å². The van der Waals surface area contributed by atoms with E-state index in [1.807, 2.05) is 14.1 Å². The highest BCUT2D eigenvalue weighted by molar-refractivity contribution is 6.00. The van der Waals surface area contributed by atoms with Crippen molar-refractivity contribution < 1.29 is 4.79 Å². The van der Waals surface area contributed by atoms with Crippen LogP contribution in [-0.2, 0) is 4.79 Å². The first kappa shape index (κ1) is 23.6. The molecule has 0 aliphatic carbocycles. The van der Waals surface area contributed by atoms with Crippen molar-refractivity contribution in [3.8, 4) is 11.3 Å². The Hall–Kier alpha value is -3.18. The number of amides is 1.